The molecule has 48 heavy (non-hydrogen) atoms. The number of amides is 1. The maximum atomic E-state index is 12.7. The van der Waals surface area contributed by atoms with E-state index in [1.165, 1.54) is 12.8 Å². The molecule has 4 heterocycles. The number of benzene rings is 2. The molecule has 246 valence electrons. The van der Waals surface area contributed by atoms with E-state index in [2.05, 4.69) is 46.3 Å². The smallest absolute Gasteiger partial charge is 0.355 e. The molecule has 6 aromatic rings. The number of hydrogen-bond acceptors (Lipinski definition) is 10. The monoisotopic (exact) mass is 649 g/mol. The van der Waals surface area contributed by atoms with Crippen molar-refractivity contribution in [2.24, 2.45) is 5.92 Å². The van der Waals surface area contributed by atoms with E-state index >= 15 is 0 Å². The van der Waals surface area contributed by atoms with Crippen molar-refractivity contribution in [1.29, 1.82) is 0 Å². The fourth-order valence-corrected chi connectivity index (χ4v) is 5.06. The quantitative estimate of drug-likeness (QED) is 0.104. The van der Waals surface area contributed by atoms with Gasteiger partial charge in [-0.1, -0.05) is 0 Å². The van der Waals surface area contributed by atoms with Crippen LogP contribution in [0.1, 0.15) is 45.2 Å². The summed E-state index contributed by atoms with van der Waals surface area (Å²) >= 11 is 0. The van der Waals surface area contributed by atoms with E-state index in [1.807, 2.05) is 44.2 Å². The third kappa shape index (κ3) is 7.44. The summed E-state index contributed by atoms with van der Waals surface area (Å²) in [6, 6.07) is 18.1. The molecule has 1 saturated carbocycles. The Hall–Kier alpha value is -6.18. The highest BCUT2D eigenvalue weighted by Gasteiger charge is 2.23. The maximum absolute atomic E-state index is 12.7. The highest BCUT2D eigenvalue weighted by Crippen LogP contribution is 2.30. The molecule has 4 aromatic heterocycles. The standard InChI is InChI=1S/C19H21N5O2.C15H14N4O3/c1-11-7-17(24-23-11)21-16-9-13-8-14(26-2)5-6-15(13)18(22-16)19(25)20-10-12-3-4-12;1-8-5-13(19-18-8)16-12-7-9-6-10(22-2)3-4-11(9)14(17-12)15(20)21/h5-9,12H,3-4,10H2,1-2H3,(H,20,25)(H2,21,22,23,24);3-7H,1-2H3,(H,20,21)(H2,16,17,18,19). The first kappa shape index (κ1) is 31.8. The lowest BCUT2D eigenvalue weighted by atomic mass is 10.1. The first-order valence-corrected chi connectivity index (χ1v) is 15.3. The van der Waals surface area contributed by atoms with E-state index in [0.29, 0.717) is 52.6 Å². The molecule has 0 bridgehead atoms. The van der Waals surface area contributed by atoms with Crippen LogP contribution in [-0.4, -0.2) is 68.1 Å². The first-order chi connectivity index (χ1) is 23.2. The molecule has 14 heteroatoms. The first-order valence-electron chi connectivity index (χ1n) is 15.3. The summed E-state index contributed by atoms with van der Waals surface area (Å²) in [4.78, 5) is 32.8. The molecule has 1 fully saturated rings. The van der Waals surface area contributed by atoms with Crippen LogP contribution in [0.5, 0.6) is 11.5 Å². The van der Waals surface area contributed by atoms with Crippen LogP contribution in [0, 0.1) is 19.8 Å². The van der Waals surface area contributed by atoms with Crippen LogP contribution in [0.15, 0.2) is 60.7 Å². The number of nitrogens with zero attached hydrogens (tertiary/aromatic N) is 4. The topological polar surface area (TPSA) is 192 Å². The van der Waals surface area contributed by atoms with Gasteiger partial charge in [0.15, 0.2) is 17.3 Å². The van der Waals surface area contributed by atoms with Crippen molar-refractivity contribution in [3.05, 3.63) is 83.4 Å². The third-order valence-electron chi connectivity index (χ3n) is 7.67. The zero-order chi connectivity index (χ0) is 33.8. The number of aromatic amines is 2. The Labute approximate surface area is 275 Å². The predicted octanol–water partition coefficient (Wildman–Crippen LogP) is 5.88. The number of carbonyl (C=O) groups excluding carboxylic acids is 1. The van der Waals surface area contributed by atoms with E-state index in [9.17, 15) is 14.7 Å². The van der Waals surface area contributed by atoms with Crippen LogP contribution in [0.2, 0.25) is 0 Å². The van der Waals surface area contributed by atoms with Gasteiger partial charge in [-0.3, -0.25) is 15.0 Å². The van der Waals surface area contributed by atoms with Crippen molar-refractivity contribution in [2.75, 3.05) is 31.4 Å². The molecule has 2 aromatic carbocycles. The van der Waals surface area contributed by atoms with Gasteiger partial charge in [0.05, 0.1) is 14.2 Å². The van der Waals surface area contributed by atoms with Gasteiger partial charge in [0.2, 0.25) is 0 Å². The van der Waals surface area contributed by atoms with E-state index in [1.54, 1.807) is 44.6 Å². The highest BCUT2D eigenvalue weighted by molar-refractivity contribution is 6.06. The minimum Gasteiger partial charge on any atom is -0.497 e. The minimum absolute atomic E-state index is 0.0186. The Morgan fingerprint density at radius 2 is 1.25 bits per heavy atom. The molecule has 1 aliphatic carbocycles. The number of rotatable bonds is 10. The van der Waals surface area contributed by atoms with Crippen molar-refractivity contribution < 1.29 is 24.2 Å². The van der Waals surface area contributed by atoms with E-state index in [4.69, 9.17) is 9.47 Å². The highest BCUT2D eigenvalue weighted by atomic mass is 16.5. The fraction of sp³-hybridized carbons (Fsp3) is 0.235. The number of ether oxygens (including phenoxy) is 2. The number of aromatic carboxylic acids is 1. The van der Waals surface area contributed by atoms with Crippen LogP contribution in [-0.2, 0) is 0 Å². The van der Waals surface area contributed by atoms with Gasteiger partial charge in [-0.05, 0) is 91.9 Å². The summed E-state index contributed by atoms with van der Waals surface area (Å²) < 4.78 is 10.5. The van der Waals surface area contributed by atoms with Gasteiger partial charge in [0, 0.05) is 40.8 Å². The Morgan fingerprint density at radius 3 is 1.69 bits per heavy atom. The number of anilines is 4. The lowest BCUT2D eigenvalue weighted by Gasteiger charge is -2.11. The fourth-order valence-electron chi connectivity index (χ4n) is 5.06. The second-order valence-corrected chi connectivity index (χ2v) is 11.5. The molecule has 0 atom stereocenters. The second kappa shape index (κ2) is 13.7. The molecule has 14 nitrogen and oxygen atoms in total. The Kier molecular flexibility index (Phi) is 9.05. The number of carboxylic acids is 1. The predicted molar refractivity (Wildman–Crippen MR) is 182 cm³/mol. The summed E-state index contributed by atoms with van der Waals surface area (Å²) in [5.41, 5.74) is 2.22. The summed E-state index contributed by atoms with van der Waals surface area (Å²) in [6.07, 6.45) is 2.37. The normalized spacial score (nSPS) is 12.2. The van der Waals surface area contributed by atoms with Crippen molar-refractivity contribution in [3.8, 4) is 11.5 Å². The molecule has 1 amide bonds. The Morgan fingerprint density at radius 1 is 0.750 bits per heavy atom. The number of pyridine rings is 2. The average molecular weight is 650 g/mol. The lowest BCUT2D eigenvalue weighted by molar-refractivity contribution is 0.0692. The molecule has 6 N–H and O–H groups in total. The number of aryl methyl sites for hydroxylation is 2. The SMILES string of the molecule is COc1ccc2c(C(=O)NCC3CC3)nc(Nc3cc(C)[nH]n3)cc2c1.COc1ccc2c(C(=O)O)nc(Nc3cc(C)[nH]n3)cc2c1. The van der Waals surface area contributed by atoms with Crippen molar-refractivity contribution in [1.82, 2.24) is 35.7 Å². The van der Waals surface area contributed by atoms with Gasteiger partial charge in [-0.15, -0.1) is 0 Å². The lowest BCUT2D eigenvalue weighted by Crippen LogP contribution is -2.26. The molecular weight excluding hydrogens is 614 g/mol. The van der Waals surface area contributed by atoms with E-state index < -0.39 is 5.97 Å². The number of fused-ring (bicyclic) bond motifs is 2. The van der Waals surface area contributed by atoms with Gasteiger partial charge >= 0.3 is 5.97 Å². The van der Waals surface area contributed by atoms with Crippen LogP contribution in [0.25, 0.3) is 21.5 Å². The van der Waals surface area contributed by atoms with Gasteiger partial charge in [0.1, 0.15) is 28.8 Å². The number of methoxy groups -OCH3 is 2. The van der Waals surface area contributed by atoms with Crippen molar-refractivity contribution in [2.45, 2.75) is 26.7 Å². The number of aromatic nitrogens is 6. The molecule has 1 aliphatic rings. The molecule has 0 spiro atoms. The molecule has 0 unspecified atom stereocenters. The number of H-pyrrole nitrogens is 2. The number of carboxylic acid groups (broad SMARTS) is 1. The number of carbonyl (C=O) groups is 2. The second-order valence-electron chi connectivity index (χ2n) is 11.5. The van der Waals surface area contributed by atoms with Gasteiger partial charge < -0.3 is 30.5 Å². The van der Waals surface area contributed by atoms with Crippen LogP contribution in [0.3, 0.4) is 0 Å². The molecular formula is C34H35N9O5. The number of nitrogens with one attached hydrogen (secondary N) is 5. The summed E-state index contributed by atoms with van der Waals surface area (Å²) in [5, 5.41) is 35.4. The molecule has 0 aliphatic heterocycles. The molecule has 7 rings (SSSR count). The van der Waals surface area contributed by atoms with Crippen molar-refractivity contribution >= 4 is 56.7 Å². The average Bonchev–Trinajstić information content (AvgIpc) is 3.70. The largest absolute Gasteiger partial charge is 0.497 e. The van der Waals surface area contributed by atoms with E-state index in [-0.39, 0.29) is 11.6 Å². The summed E-state index contributed by atoms with van der Waals surface area (Å²) in [7, 11) is 3.18. The van der Waals surface area contributed by atoms with Crippen LogP contribution < -0.4 is 25.4 Å². The summed E-state index contributed by atoms with van der Waals surface area (Å²) in [5.74, 6) is 2.94. The van der Waals surface area contributed by atoms with Crippen LogP contribution >= 0.6 is 0 Å². The van der Waals surface area contributed by atoms with Gasteiger partial charge in [-0.25, -0.2) is 14.8 Å². The maximum Gasteiger partial charge on any atom is 0.355 e. The van der Waals surface area contributed by atoms with Gasteiger partial charge in [0.25, 0.3) is 5.91 Å². The third-order valence-corrected chi connectivity index (χ3v) is 7.67. The molecule has 0 radical (unpaired) electrons. The van der Waals surface area contributed by atoms with Crippen LogP contribution in [0.4, 0.5) is 23.3 Å². The zero-order valence-electron chi connectivity index (χ0n) is 26.8. The number of hydrogen-bond donors (Lipinski definition) is 6. The minimum atomic E-state index is -1.09. The molecule has 0 saturated heterocycles. The Bertz CT molecular complexity index is 2120. The Balaban J connectivity index is 0.000000170. The van der Waals surface area contributed by atoms with Crippen molar-refractivity contribution in [3.63, 3.8) is 0 Å². The van der Waals surface area contributed by atoms with E-state index in [0.717, 1.165) is 33.3 Å². The van der Waals surface area contributed by atoms with Gasteiger partial charge in [-0.2, -0.15) is 10.2 Å². The zero-order valence-corrected chi connectivity index (χ0v) is 26.8. The summed E-state index contributed by atoms with van der Waals surface area (Å²) in [6.45, 7) is 4.50.